The van der Waals surface area contributed by atoms with Gasteiger partial charge in [0.05, 0.1) is 25.2 Å². The molecule has 3 atom stereocenters. The van der Waals surface area contributed by atoms with Crippen LogP contribution >= 0.6 is 0 Å². The molecule has 3 N–H and O–H groups in total. The van der Waals surface area contributed by atoms with E-state index in [1.54, 1.807) is 0 Å². The highest BCUT2D eigenvalue weighted by Gasteiger charge is 2.24. The molecule has 0 aliphatic carbocycles. The Morgan fingerprint density at radius 3 is 1.23 bits per heavy atom. The Hall–Kier alpha value is -1.40. The van der Waals surface area contributed by atoms with Crippen LogP contribution in [-0.4, -0.2) is 46.9 Å². The van der Waals surface area contributed by atoms with Gasteiger partial charge in [-0.15, -0.1) is 0 Å². The number of allylic oxidation sites excluding steroid dienone is 2. The van der Waals surface area contributed by atoms with E-state index in [2.05, 4.69) is 38.2 Å². The second kappa shape index (κ2) is 48.6. The SMILES string of the molecule is CCCC/C=C\CCCCCCCC(=O)OC(CCCCCCCCCCCCCCCCCCC)CC(=O)NC(CO)C(O)CCCCCCCCCCCCCCC. The van der Waals surface area contributed by atoms with Crippen LogP contribution in [0.4, 0.5) is 0 Å². The molecule has 0 spiro atoms. The van der Waals surface area contributed by atoms with E-state index in [0.717, 1.165) is 51.4 Å². The number of hydrogen-bond donors (Lipinski definition) is 3. The third kappa shape index (κ3) is 43.3. The van der Waals surface area contributed by atoms with Crippen molar-refractivity contribution in [1.82, 2.24) is 5.32 Å². The van der Waals surface area contributed by atoms with Crippen LogP contribution in [0.5, 0.6) is 0 Å². The molecule has 0 aliphatic heterocycles. The quantitative estimate of drug-likeness (QED) is 0.0322. The van der Waals surface area contributed by atoms with E-state index in [4.69, 9.17) is 4.74 Å². The third-order valence-corrected chi connectivity index (χ3v) is 12.6. The first-order valence-electron chi connectivity index (χ1n) is 26.9. The van der Waals surface area contributed by atoms with Crippen molar-refractivity contribution in [3.63, 3.8) is 0 Å². The molecular formula is C54H105NO5. The molecule has 0 radical (unpaired) electrons. The number of carbonyl (C=O) groups is 2. The summed E-state index contributed by atoms with van der Waals surface area (Å²) in [6.45, 7) is 6.48. The zero-order chi connectivity index (χ0) is 43.8. The predicted octanol–water partition coefficient (Wildman–Crippen LogP) is 16.1. The van der Waals surface area contributed by atoms with Gasteiger partial charge in [0.2, 0.25) is 5.91 Å². The van der Waals surface area contributed by atoms with Gasteiger partial charge in [0.25, 0.3) is 0 Å². The van der Waals surface area contributed by atoms with Crippen LogP contribution in [0.1, 0.15) is 297 Å². The van der Waals surface area contributed by atoms with Gasteiger partial charge >= 0.3 is 5.97 Å². The highest BCUT2D eigenvalue weighted by Crippen LogP contribution is 2.19. The Morgan fingerprint density at radius 2 is 0.817 bits per heavy atom. The fraction of sp³-hybridized carbons (Fsp3) is 0.926. The van der Waals surface area contributed by atoms with Crippen molar-refractivity contribution in [2.45, 2.75) is 315 Å². The lowest BCUT2D eigenvalue weighted by molar-refractivity contribution is -0.151. The Kier molecular flexibility index (Phi) is 47.5. The average Bonchev–Trinajstić information content (AvgIpc) is 3.24. The number of ether oxygens (including phenoxy) is 1. The molecule has 0 aromatic rings. The maximum atomic E-state index is 13.2. The first kappa shape index (κ1) is 58.6. The second-order valence-electron chi connectivity index (χ2n) is 18.6. The number of amides is 1. The van der Waals surface area contributed by atoms with Crippen molar-refractivity contribution in [2.75, 3.05) is 6.61 Å². The van der Waals surface area contributed by atoms with Crippen LogP contribution < -0.4 is 5.32 Å². The summed E-state index contributed by atoms with van der Waals surface area (Å²) >= 11 is 0. The molecule has 356 valence electrons. The van der Waals surface area contributed by atoms with E-state index in [9.17, 15) is 19.8 Å². The molecule has 0 aliphatic rings. The Labute approximate surface area is 374 Å². The molecule has 0 saturated carbocycles. The van der Waals surface area contributed by atoms with Crippen LogP contribution in [-0.2, 0) is 14.3 Å². The highest BCUT2D eigenvalue weighted by atomic mass is 16.5. The molecule has 60 heavy (non-hydrogen) atoms. The zero-order valence-electron chi connectivity index (χ0n) is 40.6. The maximum absolute atomic E-state index is 13.2. The molecule has 0 heterocycles. The summed E-state index contributed by atoms with van der Waals surface area (Å²) in [5, 5.41) is 23.8. The van der Waals surface area contributed by atoms with E-state index in [1.807, 2.05) is 0 Å². The number of esters is 1. The fourth-order valence-corrected chi connectivity index (χ4v) is 8.47. The van der Waals surface area contributed by atoms with Gasteiger partial charge in [0.15, 0.2) is 0 Å². The molecule has 6 nitrogen and oxygen atoms in total. The summed E-state index contributed by atoms with van der Waals surface area (Å²) in [7, 11) is 0. The molecule has 3 unspecified atom stereocenters. The van der Waals surface area contributed by atoms with Gasteiger partial charge in [-0.2, -0.15) is 0 Å². The van der Waals surface area contributed by atoms with Crippen molar-refractivity contribution in [2.24, 2.45) is 0 Å². The lowest BCUT2D eigenvalue weighted by atomic mass is 10.0. The Balaban J connectivity index is 4.51. The van der Waals surface area contributed by atoms with E-state index in [-0.39, 0.29) is 24.9 Å². The number of hydrogen-bond acceptors (Lipinski definition) is 5. The van der Waals surface area contributed by atoms with Crippen LogP contribution in [0.2, 0.25) is 0 Å². The Bertz CT molecular complexity index is 909. The minimum Gasteiger partial charge on any atom is -0.462 e. The largest absolute Gasteiger partial charge is 0.462 e. The summed E-state index contributed by atoms with van der Waals surface area (Å²) in [4.78, 5) is 26.1. The number of unbranched alkanes of at least 4 members (excludes halogenated alkanes) is 35. The number of aliphatic hydroxyl groups is 2. The van der Waals surface area contributed by atoms with Crippen molar-refractivity contribution in [1.29, 1.82) is 0 Å². The van der Waals surface area contributed by atoms with E-state index in [1.165, 1.54) is 199 Å². The van der Waals surface area contributed by atoms with Gasteiger partial charge in [-0.3, -0.25) is 9.59 Å². The minimum atomic E-state index is -0.783. The number of carbonyl (C=O) groups excluding carboxylic acids is 2. The average molecular weight is 848 g/mol. The summed E-state index contributed by atoms with van der Waals surface area (Å²) in [5.41, 5.74) is 0. The smallest absolute Gasteiger partial charge is 0.306 e. The maximum Gasteiger partial charge on any atom is 0.306 e. The van der Waals surface area contributed by atoms with Gasteiger partial charge in [0, 0.05) is 6.42 Å². The van der Waals surface area contributed by atoms with Crippen LogP contribution in [0.3, 0.4) is 0 Å². The molecule has 0 fully saturated rings. The van der Waals surface area contributed by atoms with E-state index >= 15 is 0 Å². The molecule has 0 rings (SSSR count). The van der Waals surface area contributed by atoms with Crippen molar-refractivity contribution >= 4 is 11.9 Å². The minimum absolute atomic E-state index is 0.0817. The Morgan fingerprint density at radius 1 is 0.467 bits per heavy atom. The van der Waals surface area contributed by atoms with E-state index in [0.29, 0.717) is 19.3 Å². The first-order chi connectivity index (χ1) is 29.5. The number of rotatable bonds is 49. The monoisotopic (exact) mass is 848 g/mol. The second-order valence-corrected chi connectivity index (χ2v) is 18.6. The van der Waals surface area contributed by atoms with E-state index < -0.39 is 18.2 Å². The zero-order valence-corrected chi connectivity index (χ0v) is 40.6. The van der Waals surface area contributed by atoms with Crippen LogP contribution in [0, 0.1) is 0 Å². The van der Waals surface area contributed by atoms with Gasteiger partial charge in [0.1, 0.15) is 6.10 Å². The first-order valence-corrected chi connectivity index (χ1v) is 26.9. The summed E-state index contributed by atoms with van der Waals surface area (Å²) in [6.07, 6.45) is 54.2. The molecular weight excluding hydrogens is 743 g/mol. The standard InChI is InChI=1S/C54H105NO5/c1-4-7-10-13-16-19-22-24-25-26-27-29-31-33-36-39-42-45-50(60-54(59)47-44-41-38-35-30-21-18-15-12-9-6-3)48-53(58)55-51(49-56)52(57)46-43-40-37-34-32-28-23-20-17-14-11-8-5-2/h15,18,50-52,56-57H,4-14,16-17,19-49H2,1-3H3,(H,55,58)/b18-15-. The lowest BCUT2D eigenvalue weighted by Crippen LogP contribution is -2.46. The molecule has 0 aromatic carbocycles. The number of aliphatic hydroxyl groups excluding tert-OH is 2. The predicted molar refractivity (Wildman–Crippen MR) is 260 cm³/mol. The molecule has 0 aromatic heterocycles. The fourth-order valence-electron chi connectivity index (χ4n) is 8.47. The normalized spacial score (nSPS) is 13.2. The summed E-state index contributed by atoms with van der Waals surface area (Å²) < 4.78 is 5.94. The van der Waals surface area contributed by atoms with Gasteiger partial charge in [-0.1, -0.05) is 251 Å². The lowest BCUT2D eigenvalue weighted by Gasteiger charge is -2.24. The third-order valence-electron chi connectivity index (χ3n) is 12.6. The highest BCUT2D eigenvalue weighted by molar-refractivity contribution is 5.77. The molecule has 1 amide bonds. The van der Waals surface area contributed by atoms with Crippen molar-refractivity contribution in [3.8, 4) is 0 Å². The summed E-state index contributed by atoms with van der Waals surface area (Å²) in [5.74, 6) is -0.466. The van der Waals surface area contributed by atoms with Gasteiger partial charge in [-0.25, -0.2) is 0 Å². The molecule has 0 saturated heterocycles. The summed E-state index contributed by atoms with van der Waals surface area (Å²) in [6, 6.07) is -0.696. The van der Waals surface area contributed by atoms with Gasteiger partial charge < -0.3 is 20.3 Å². The van der Waals surface area contributed by atoms with Crippen molar-refractivity contribution in [3.05, 3.63) is 12.2 Å². The topological polar surface area (TPSA) is 95.9 Å². The van der Waals surface area contributed by atoms with Crippen molar-refractivity contribution < 1.29 is 24.5 Å². The molecule has 0 bridgehead atoms. The van der Waals surface area contributed by atoms with Crippen LogP contribution in [0.15, 0.2) is 12.2 Å². The van der Waals surface area contributed by atoms with Gasteiger partial charge in [-0.05, 0) is 44.9 Å². The molecule has 6 heteroatoms. The number of nitrogens with one attached hydrogen (secondary N) is 1. The van der Waals surface area contributed by atoms with Crippen LogP contribution in [0.25, 0.3) is 0 Å².